The average molecular weight is 374 g/mol. The molecule has 1 N–H and O–H groups in total. The second kappa shape index (κ2) is 8.08. The lowest BCUT2D eigenvalue weighted by atomic mass is 10.00. The fraction of sp³-hybridized carbons (Fsp3) is 0.227. The molecule has 0 saturated carbocycles. The van der Waals surface area contributed by atoms with E-state index in [1.807, 2.05) is 25.1 Å². The summed E-state index contributed by atoms with van der Waals surface area (Å²) in [5, 5.41) is 11.2. The van der Waals surface area contributed by atoms with Crippen LogP contribution in [-0.2, 0) is 13.0 Å². The SMILES string of the molecule is CCOc1ccc(NC(=O)c2ccc(N3CCc4ccccc4C3)nn2)cc1. The molecule has 142 valence electrons. The molecule has 28 heavy (non-hydrogen) atoms. The van der Waals surface area contributed by atoms with Crippen LogP contribution in [0.4, 0.5) is 11.5 Å². The Balaban J connectivity index is 1.41. The third kappa shape index (κ3) is 3.96. The Morgan fingerprint density at radius 2 is 1.82 bits per heavy atom. The van der Waals surface area contributed by atoms with E-state index < -0.39 is 0 Å². The van der Waals surface area contributed by atoms with Crippen LogP contribution in [0.3, 0.4) is 0 Å². The van der Waals surface area contributed by atoms with Gasteiger partial charge in [-0.25, -0.2) is 0 Å². The van der Waals surface area contributed by atoms with Crippen LogP contribution < -0.4 is 15.0 Å². The van der Waals surface area contributed by atoms with E-state index in [2.05, 4.69) is 44.7 Å². The van der Waals surface area contributed by atoms with Gasteiger partial charge in [-0.3, -0.25) is 4.79 Å². The molecule has 3 aromatic rings. The summed E-state index contributed by atoms with van der Waals surface area (Å²) in [5.41, 5.74) is 3.67. The van der Waals surface area contributed by atoms with Gasteiger partial charge in [-0.05, 0) is 60.9 Å². The average Bonchev–Trinajstić information content (AvgIpc) is 2.75. The molecule has 0 spiro atoms. The number of carbonyl (C=O) groups is 1. The van der Waals surface area contributed by atoms with Gasteiger partial charge in [-0.2, -0.15) is 0 Å². The third-order valence-corrected chi connectivity index (χ3v) is 4.76. The van der Waals surface area contributed by atoms with Gasteiger partial charge in [-0.15, -0.1) is 10.2 Å². The number of carbonyl (C=O) groups excluding carboxylic acids is 1. The van der Waals surface area contributed by atoms with Gasteiger partial charge in [0.05, 0.1) is 6.61 Å². The summed E-state index contributed by atoms with van der Waals surface area (Å²) in [6.45, 7) is 4.24. The van der Waals surface area contributed by atoms with Crippen LogP contribution in [0.25, 0.3) is 0 Å². The maximum Gasteiger partial charge on any atom is 0.276 e. The Morgan fingerprint density at radius 1 is 1.04 bits per heavy atom. The molecule has 2 aromatic carbocycles. The zero-order chi connectivity index (χ0) is 19.3. The lowest BCUT2D eigenvalue weighted by Crippen LogP contribution is -2.31. The standard InChI is InChI=1S/C22H22N4O2/c1-2-28-19-9-7-18(8-10-19)23-22(27)20-11-12-21(25-24-20)26-14-13-16-5-3-4-6-17(16)15-26/h3-12H,2,13-15H2,1H3,(H,23,27). The van der Waals surface area contributed by atoms with Crippen molar-refractivity contribution in [3.05, 3.63) is 77.5 Å². The van der Waals surface area contributed by atoms with Gasteiger partial charge in [0.2, 0.25) is 0 Å². The van der Waals surface area contributed by atoms with Gasteiger partial charge < -0.3 is 15.0 Å². The molecule has 0 fully saturated rings. The number of benzene rings is 2. The molecule has 6 nitrogen and oxygen atoms in total. The monoisotopic (exact) mass is 374 g/mol. The van der Waals surface area contributed by atoms with E-state index in [1.165, 1.54) is 11.1 Å². The van der Waals surface area contributed by atoms with Crippen molar-refractivity contribution in [2.45, 2.75) is 19.9 Å². The molecular formula is C22H22N4O2. The number of anilines is 2. The predicted molar refractivity (Wildman–Crippen MR) is 109 cm³/mol. The molecule has 0 bridgehead atoms. The molecule has 4 rings (SSSR count). The zero-order valence-corrected chi connectivity index (χ0v) is 15.8. The number of hydrogen-bond acceptors (Lipinski definition) is 5. The van der Waals surface area contributed by atoms with E-state index >= 15 is 0 Å². The molecule has 0 saturated heterocycles. The molecule has 0 atom stereocenters. The van der Waals surface area contributed by atoms with E-state index in [0.717, 1.165) is 31.1 Å². The van der Waals surface area contributed by atoms with Crippen molar-refractivity contribution < 1.29 is 9.53 Å². The van der Waals surface area contributed by atoms with Gasteiger partial charge in [-0.1, -0.05) is 24.3 Å². The number of nitrogens with one attached hydrogen (secondary N) is 1. The van der Waals surface area contributed by atoms with Crippen molar-refractivity contribution in [3.8, 4) is 5.75 Å². The summed E-state index contributed by atoms with van der Waals surface area (Å²) in [5.74, 6) is 1.27. The minimum atomic E-state index is -0.285. The second-order valence-electron chi connectivity index (χ2n) is 6.63. The minimum absolute atomic E-state index is 0.285. The first-order valence-electron chi connectivity index (χ1n) is 9.42. The van der Waals surface area contributed by atoms with Crippen LogP contribution in [0, 0.1) is 0 Å². The normalized spacial score (nSPS) is 13.0. The van der Waals surface area contributed by atoms with Crippen LogP contribution in [0.2, 0.25) is 0 Å². The Kier molecular flexibility index (Phi) is 5.19. The van der Waals surface area contributed by atoms with Gasteiger partial charge in [0.1, 0.15) is 5.75 Å². The first-order chi connectivity index (χ1) is 13.7. The van der Waals surface area contributed by atoms with Crippen LogP contribution in [0.5, 0.6) is 5.75 Å². The predicted octanol–water partition coefficient (Wildman–Crippen LogP) is 3.69. The van der Waals surface area contributed by atoms with Crippen LogP contribution in [0.1, 0.15) is 28.5 Å². The summed E-state index contributed by atoms with van der Waals surface area (Å²) in [4.78, 5) is 14.6. The quantitative estimate of drug-likeness (QED) is 0.738. The van der Waals surface area contributed by atoms with E-state index in [0.29, 0.717) is 12.3 Å². The van der Waals surface area contributed by atoms with Gasteiger partial charge in [0, 0.05) is 18.8 Å². The van der Waals surface area contributed by atoms with Crippen molar-refractivity contribution in [1.29, 1.82) is 0 Å². The summed E-state index contributed by atoms with van der Waals surface area (Å²) in [6.07, 6.45) is 0.984. The van der Waals surface area contributed by atoms with Gasteiger partial charge in [0.15, 0.2) is 11.5 Å². The molecule has 2 heterocycles. The Bertz CT molecular complexity index is 955. The number of nitrogens with zero attached hydrogens (tertiary/aromatic N) is 3. The number of aromatic nitrogens is 2. The summed E-state index contributed by atoms with van der Waals surface area (Å²) >= 11 is 0. The molecule has 0 unspecified atom stereocenters. The fourth-order valence-electron chi connectivity index (χ4n) is 3.30. The summed E-state index contributed by atoms with van der Waals surface area (Å²) in [7, 11) is 0. The van der Waals surface area contributed by atoms with Crippen molar-refractivity contribution in [3.63, 3.8) is 0 Å². The highest BCUT2D eigenvalue weighted by molar-refractivity contribution is 6.02. The van der Waals surface area contributed by atoms with E-state index in [1.54, 1.807) is 18.2 Å². The summed E-state index contributed by atoms with van der Waals surface area (Å²) < 4.78 is 5.40. The maximum absolute atomic E-state index is 12.4. The number of amides is 1. The topological polar surface area (TPSA) is 67.3 Å². The highest BCUT2D eigenvalue weighted by Gasteiger charge is 2.18. The minimum Gasteiger partial charge on any atom is -0.494 e. The third-order valence-electron chi connectivity index (χ3n) is 4.76. The highest BCUT2D eigenvalue weighted by Crippen LogP contribution is 2.22. The molecular weight excluding hydrogens is 352 g/mol. The van der Waals surface area contributed by atoms with E-state index in [4.69, 9.17) is 4.74 Å². The molecule has 1 aliphatic rings. The van der Waals surface area contributed by atoms with Gasteiger partial charge in [0.25, 0.3) is 5.91 Å². The molecule has 1 amide bonds. The van der Waals surface area contributed by atoms with E-state index in [9.17, 15) is 4.79 Å². The second-order valence-corrected chi connectivity index (χ2v) is 6.63. The summed E-state index contributed by atoms with van der Waals surface area (Å²) in [6, 6.07) is 19.3. The van der Waals surface area contributed by atoms with Crippen molar-refractivity contribution in [1.82, 2.24) is 10.2 Å². The van der Waals surface area contributed by atoms with Crippen molar-refractivity contribution in [2.75, 3.05) is 23.4 Å². The Morgan fingerprint density at radius 3 is 2.54 bits per heavy atom. The highest BCUT2D eigenvalue weighted by atomic mass is 16.5. The first-order valence-corrected chi connectivity index (χ1v) is 9.42. The smallest absolute Gasteiger partial charge is 0.276 e. The molecule has 1 aromatic heterocycles. The maximum atomic E-state index is 12.4. The van der Waals surface area contributed by atoms with Crippen LogP contribution in [-0.4, -0.2) is 29.3 Å². The lowest BCUT2D eigenvalue weighted by molar-refractivity contribution is 0.102. The molecule has 1 aliphatic heterocycles. The van der Waals surface area contributed by atoms with E-state index in [-0.39, 0.29) is 11.6 Å². The van der Waals surface area contributed by atoms with Crippen LogP contribution >= 0.6 is 0 Å². The van der Waals surface area contributed by atoms with Crippen molar-refractivity contribution >= 4 is 17.4 Å². The zero-order valence-electron chi connectivity index (χ0n) is 15.8. The van der Waals surface area contributed by atoms with Crippen LogP contribution in [0.15, 0.2) is 60.7 Å². The largest absolute Gasteiger partial charge is 0.494 e. The molecule has 0 aliphatic carbocycles. The Labute approximate surface area is 164 Å². The van der Waals surface area contributed by atoms with Crippen molar-refractivity contribution in [2.24, 2.45) is 0 Å². The number of fused-ring (bicyclic) bond motifs is 1. The fourth-order valence-corrected chi connectivity index (χ4v) is 3.30. The molecule has 6 heteroatoms. The number of hydrogen-bond donors (Lipinski definition) is 1. The Hall–Kier alpha value is -3.41. The number of ether oxygens (including phenoxy) is 1. The lowest BCUT2D eigenvalue weighted by Gasteiger charge is -2.29. The first kappa shape index (κ1) is 18.0. The molecule has 0 radical (unpaired) electrons. The number of rotatable bonds is 5. The van der Waals surface area contributed by atoms with Gasteiger partial charge >= 0.3 is 0 Å².